The van der Waals surface area contributed by atoms with Gasteiger partial charge in [0.05, 0.1) is 6.42 Å². The average molecular weight is 397 g/mol. The summed E-state index contributed by atoms with van der Waals surface area (Å²) in [6.07, 6.45) is 26.3. The summed E-state index contributed by atoms with van der Waals surface area (Å²) in [7, 11) is 0. The molecule has 0 radical (unpaired) electrons. The second-order valence-corrected chi connectivity index (χ2v) is 9.27. The summed E-state index contributed by atoms with van der Waals surface area (Å²) in [6, 6.07) is 0. The summed E-state index contributed by atoms with van der Waals surface area (Å²) < 4.78 is 0. The van der Waals surface area contributed by atoms with Crippen molar-refractivity contribution < 1.29 is 9.90 Å². The Hall–Kier alpha value is -0.530. The number of carbonyl (C=O) groups is 1. The zero-order valence-electron chi connectivity index (χ0n) is 19.7. The van der Waals surface area contributed by atoms with Crippen molar-refractivity contribution in [2.45, 2.75) is 156 Å². The molecule has 0 aromatic carbocycles. The molecule has 0 amide bonds. The maximum absolute atomic E-state index is 11.5. The molecule has 0 saturated heterocycles. The standard InChI is InChI=1S/C26H52O2/c1-4-7-10-11-12-13-14-15-16-17-18-19-20-23-26(21-8-5-2,22-9-6-3)24-25(27)28/h4-24H2,1-3H3,(H,27,28). The molecule has 0 aliphatic carbocycles. The molecule has 0 aliphatic rings. The van der Waals surface area contributed by atoms with Gasteiger partial charge in [-0.15, -0.1) is 0 Å². The fourth-order valence-corrected chi connectivity index (χ4v) is 4.58. The van der Waals surface area contributed by atoms with Crippen LogP contribution in [0.3, 0.4) is 0 Å². The molecule has 0 spiro atoms. The van der Waals surface area contributed by atoms with Crippen molar-refractivity contribution in [2.75, 3.05) is 0 Å². The summed E-state index contributed by atoms with van der Waals surface area (Å²) in [5.74, 6) is -0.595. The lowest BCUT2D eigenvalue weighted by atomic mass is 9.72. The van der Waals surface area contributed by atoms with E-state index in [0.717, 1.165) is 19.3 Å². The molecule has 1 N–H and O–H groups in total. The van der Waals surface area contributed by atoms with Gasteiger partial charge in [-0.1, -0.05) is 130 Å². The molecule has 28 heavy (non-hydrogen) atoms. The van der Waals surface area contributed by atoms with E-state index in [0.29, 0.717) is 6.42 Å². The molecule has 0 aliphatic heterocycles. The van der Waals surface area contributed by atoms with Gasteiger partial charge in [-0.3, -0.25) is 4.79 Å². The van der Waals surface area contributed by atoms with Gasteiger partial charge in [0.15, 0.2) is 0 Å². The van der Waals surface area contributed by atoms with Crippen LogP contribution in [0.25, 0.3) is 0 Å². The molecule has 0 fully saturated rings. The molecule has 0 bridgehead atoms. The van der Waals surface area contributed by atoms with E-state index in [2.05, 4.69) is 20.8 Å². The highest BCUT2D eigenvalue weighted by atomic mass is 16.4. The van der Waals surface area contributed by atoms with Crippen molar-refractivity contribution in [2.24, 2.45) is 5.41 Å². The van der Waals surface area contributed by atoms with E-state index in [-0.39, 0.29) is 5.41 Å². The molecule has 0 unspecified atom stereocenters. The van der Waals surface area contributed by atoms with Crippen LogP contribution in [0, 0.1) is 5.41 Å². The summed E-state index contributed by atoms with van der Waals surface area (Å²) >= 11 is 0. The van der Waals surface area contributed by atoms with Gasteiger partial charge in [0, 0.05) is 0 Å². The van der Waals surface area contributed by atoms with Gasteiger partial charge in [-0.05, 0) is 24.7 Å². The summed E-state index contributed by atoms with van der Waals surface area (Å²) in [4.78, 5) is 11.5. The van der Waals surface area contributed by atoms with Gasteiger partial charge >= 0.3 is 5.97 Å². The van der Waals surface area contributed by atoms with E-state index in [4.69, 9.17) is 0 Å². The second kappa shape index (κ2) is 19.8. The Labute approximate surface area is 177 Å². The third-order valence-corrected chi connectivity index (χ3v) is 6.46. The highest BCUT2D eigenvalue weighted by molar-refractivity contribution is 5.67. The number of unbranched alkanes of at least 4 members (excludes halogenated alkanes) is 14. The molecule has 0 saturated carbocycles. The molecular formula is C26H52O2. The smallest absolute Gasteiger partial charge is 0.303 e. The second-order valence-electron chi connectivity index (χ2n) is 9.27. The maximum Gasteiger partial charge on any atom is 0.303 e. The lowest BCUT2D eigenvalue weighted by Gasteiger charge is -2.33. The fraction of sp³-hybridized carbons (Fsp3) is 0.962. The van der Waals surface area contributed by atoms with Gasteiger partial charge in [-0.25, -0.2) is 0 Å². The van der Waals surface area contributed by atoms with Crippen molar-refractivity contribution >= 4 is 5.97 Å². The number of hydrogen-bond acceptors (Lipinski definition) is 1. The molecule has 0 heterocycles. The van der Waals surface area contributed by atoms with Crippen LogP contribution in [-0.2, 0) is 4.79 Å². The first-order valence-corrected chi connectivity index (χ1v) is 12.8. The lowest BCUT2D eigenvalue weighted by molar-refractivity contribution is -0.140. The van der Waals surface area contributed by atoms with Crippen LogP contribution in [0.4, 0.5) is 0 Å². The van der Waals surface area contributed by atoms with Crippen LogP contribution in [0.2, 0.25) is 0 Å². The van der Waals surface area contributed by atoms with Crippen molar-refractivity contribution in [3.63, 3.8) is 0 Å². The van der Waals surface area contributed by atoms with Crippen LogP contribution < -0.4 is 0 Å². The Bertz CT molecular complexity index is 329. The van der Waals surface area contributed by atoms with Gasteiger partial charge < -0.3 is 5.11 Å². The summed E-state index contributed by atoms with van der Waals surface area (Å²) in [6.45, 7) is 6.72. The van der Waals surface area contributed by atoms with E-state index >= 15 is 0 Å². The predicted molar refractivity (Wildman–Crippen MR) is 124 cm³/mol. The fourth-order valence-electron chi connectivity index (χ4n) is 4.58. The van der Waals surface area contributed by atoms with Crippen LogP contribution >= 0.6 is 0 Å². The highest BCUT2D eigenvalue weighted by Crippen LogP contribution is 2.40. The summed E-state index contributed by atoms with van der Waals surface area (Å²) in [5.41, 5.74) is 0.0651. The Kier molecular flexibility index (Phi) is 19.4. The van der Waals surface area contributed by atoms with E-state index < -0.39 is 5.97 Å². The number of aliphatic carboxylic acids is 1. The largest absolute Gasteiger partial charge is 0.481 e. The first-order chi connectivity index (χ1) is 13.6. The van der Waals surface area contributed by atoms with Crippen molar-refractivity contribution in [1.29, 1.82) is 0 Å². The molecule has 0 aromatic rings. The van der Waals surface area contributed by atoms with Crippen LogP contribution in [0.5, 0.6) is 0 Å². The Balaban J connectivity index is 3.89. The van der Waals surface area contributed by atoms with E-state index in [1.807, 2.05) is 0 Å². The zero-order valence-corrected chi connectivity index (χ0v) is 19.7. The molecule has 0 atom stereocenters. The first-order valence-electron chi connectivity index (χ1n) is 12.8. The van der Waals surface area contributed by atoms with Crippen LogP contribution in [0.15, 0.2) is 0 Å². The van der Waals surface area contributed by atoms with Gasteiger partial charge in [-0.2, -0.15) is 0 Å². The minimum Gasteiger partial charge on any atom is -0.481 e. The Morgan fingerprint density at radius 3 is 1.21 bits per heavy atom. The zero-order chi connectivity index (χ0) is 20.9. The molecule has 0 aromatic heterocycles. The van der Waals surface area contributed by atoms with Crippen LogP contribution in [-0.4, -0.2) is 11.1 Å². The van der Waals surface area contributed by atoms with Gasteiger partial charge in [0.1, 0.15) is 0 Å². The molecule has 0 rings (SSSR count). The minimum absolute atomic E-state index is 0.0651. The average Bonchev–Trinajstić information content (AvgIpc) is 2.67. The number of carboxylic acids is 1. The van der Waals surface area contributed by atoms with Crippen molar-refractivity contribution in [3.8, 4) is 0 Å². The SMILES string of the molecule is CCCCCCCCCCCCCCCC(CCCC)(CCCC)CC(=O)O. The third-order valence-electron chi connectivity index (χ3n) is 6.46. The lowest BCUT2D eigenvalue weighted by Crippen LogP contribution is -2.25. The monoisotopic (exact) mass is 396 g/mol. The van der Waals surface area contributed by atoms with Crippen molar-refractivity contribution in [3.05, 3.63) is 0 Å². The molecule has 168 valence electrons. The molecule has 2 nitrogen and oxygen atoms in total. The normalized spacial score (nSPS) is 11.8. The van der Waals surface area contributed by atoms with E-state index in [1.165, 1.54) is 109 Å². The van der Waals surface area contributed by atoms with E-state index in [9.17, 15) is 9.90 Å². The third kappa shape index (κ3) is 16.4. The van der Waals surface area contributed by atoms with Crippen LogP contribution in [0.1, 0.15) is 156 Å². The number of rotatable bonds is 22. The predicted octanol–water partition coefficient (Wildman–Crippen LogP) is 9.31. The van der Waals surface area contributed by atoms with E-state index in [1.54, 1.807) is 0 Å². The highest BCUT2D eigenvalue weighted by Gasteiger charge is 2.31. The topological polar surface area (TPSA) is 37.3 Å². The van der Waals surface area contributed by atoms with Gasteiger partial charge in [0.25, 0.3) is 0 Å². The Morgan fingerprint density at radius 2 is 0.857 bits per heavy atom. The molecule has 2 heteroatoms. The van der Waals surface area contributed by atoms with Crippen molar-refractivity contribution in [1.82, 2.24) is 0 Å². The Morgan fingerprint density at radius 1 is 0.536 bits per heavy atom. The first kappa shape index (κ1) is 27.5. The number of carboxylic acid groups (broad SMARTS) is 1. The van der Waals surface area contributed by atoms with Gasteiger partial charge in [0.2, 0.25) is 0 Å². The summed E-state index contributed by atoms with van der Waals surface area (Å²) in [5, 5.41) is 9.45. The molecular weight excluding hydrogens is 344 g/mol. The number of hydrogen-bond donors (Lipinski definition) is 1. The maximum atomic E-state index is 11.5. The quantitative estimate of drug-likeness (QED) is 0.185. The minimum atomic E-state index is -0.595.